The Morgan fingerprint density at radius 1 is 1.22 bits per heavy atom. The molecule has 3 heterocycles. The lowest BCUT2D eigenvalue weighted by Crippen LogP contribution is -2.54. The third kappa shape index (κ3) is 2.85. The SMILES string of the molecule is Clc1ccc(CN2CCN3CCCC[C@H]3C2)cn1. The summed E-state index contributed by atoms with van der Waals surface area (Å²) >= 11 is 5.81. The second-order valence-electron chi connectivity index (χ2n) is 5.41. The van der Waals surface area contributed by atoms with Gasteiger partial charge in [-0.2, -0.15) is 0 Å². The van der Waals surface area contributed by atoms with Crippen LogP contribution in [0.15, 0.2) is 18.3 Å². The van der Waals surface area contributed by atoms with Gasteiger partial charge >= 0.3 is 0 Å². The van der Waals surface area contributed by atoms with Gasteiger partial charge in [-0.1, -0.05) is 24.1 Å². The Morgan fingerprint density at radius 3 is 3.00 bits per heavy atom. The molecule has 1 aromatic rings. The average molecular weight is 266 g/mol. The molecule has 1 atom stereocenters. The van der Waals surface area contributed by atoms with E-state index in [4.69, 9.17) is 11.6 Å². The molecule has 0 spiro atoms. The molecule has 0 aromatic carbocycles. The highest BCUT2D eigenvalue weighted by molar-refractivity contribution is 6.29. The number of rotatable bonds is 2. The van der Waals surface area contributed by atoms with Gasteiger partial charge in [0.2, 0.25) is 0 Å². The van der Waals surface area contributed by atoms with Gasteiger partial charge in [0.1, 0.15) is 5.15 Å². The predicted molar refractivity (Wildman–Crippen MR) is 73.7 cm³/mol. The van der Waals surface area contributed by atoms with E-state index in [0.717, 1.165) is 12.6 Å². The topological polar surface area (TPSA) is 19.4 Å². The van der Waals surface area contributed by atoms with Gasteiger partial charge in [0, 0.05) is 38.4 Å². The number of fused-ring (bicyclic) bond motifs is 1. The Labute approximate surface area is 114 Å². The van der Waals surface area contributed by atoms with Crippen LogP contribution in [0.1, 0.15) is 24.8 Å². The van der Waals surface area contributed by atoms with Crippen molar-refractivity contribution in [3.05, 3.63) is 29.0 Å². The molecule has 0 aliphatic carbocycles. The third-order valence-electron chi connectivity index (χ3n) is 4.12. The quantitative estimate of drug-likeness (QED) is 0.766. The number of aromatic nitrogens is 1. The van der Waals surface area contributed by atoms with Crippen LogP contribution in [-0.4, -0.2) is 47.0 Å². The van der Waals surface area contributed by atoms with E-state index in [9.17, 15) is 0 Å². The molecule has 2 aliphatic rings. The van der Waals surface area contributed by atoms with E-state index in [1.165, 1.54) is 51.0 Å². The first-order chi connectivity index (χ1) is 8.81. The van der Waals surface area contributed by atoms with Gasteiger partial charge in [0.25, 0.3) is 0 Å². The second kappa shape index (κ2) is 5.55. The van der Waals surface area contributed by atoms with Gasteiger partial charge in [-0.05, 0) is 31.0 Å². The van der Waals surface area contributed by atoms with E-state index in [-0.39, 0.29) is 0 Å². The van der Waals surface area contributed by atoms with Crippen LogP contribution < -0.4 is 0 Å². The van der Waals surface area contributed by atoms with Crippen LogP contribution in [0.2, 0.25) is 5.15 Å². The maximum Gasteiger partial charge on any atom is 0.129 e. The van der Waals surface area contributed by atoms with Crippen molar-refractivity contribution in [3.8, 4) is 0 Å². The molecule has 98 valence electrons. The predicted octanol–water partition coefficient (Wildman–Crippen LogP) is 2.41. The summed E-state index contributed by atoms with van der Waals surface area (Å²) in [6, 6.07) is 4.75. The number of pyridine rings is 1. The van der Waals surface area contributed by atoms with Gasteiger partial charge in [-0.15, -0.1) is 0 Å². The lowest BCUT2D eigenvalue weighted by molar-refractivity contribution is 0.0456. The van der Waals surface area contributed by atoms with Crippen molar-refractivity contribution in [3.63, 3.8) is 0 Å². The summed E-state index contributed by atoms with van der Waals surface area (Å²) in [6.45, 7) is 5.93. The normalized spacial score (nSPS) is 25.9. The van der Waals surface area contributed by atoms with E-state index in [1.54, 1.807) is 0 Å². The van der Waals surface area contributed by atoms with Crippen LogP contribution in [0, 0.1) is 0 Å². The maximum atomic E-state index is 5.81. The molecule has 1 aromatic heterocycles. The molecule has 0 amide bonds. The Kier molecular flexibility index (Phi) is 3.83. The molecule has 0 N–H and O–H groups in total. The minimum atomic E-state index is 0.579. The zero-order valence-corrected chi connectivity index (χ0v) is 11.4. The van der Waals surface area contributed by atoms with Gasteiger partial charge in [-0.3, -0.25) is 9.80 Å². The van der Waals surface area contributed by atoms with Crippen molar-refractivity contribution >= 4 is 11.6 Å². The molecular weight excluding hydrogens is 246 g/mol. The molecule has 3 nitrogen and oxygen atoms in total. The van der Waals surface area contributed by atoms with E-state index >= 15 is 0 Å². The van der Waals surface area contributed by atoms with E-state index in [2.05, 4.69) is 20.9 Å². The van der Waals surface area contributed by atoms with Gasteiger partial charge in [0.15, 0.2) is 0 Å². The van der Waals surface area contributed by atoms with Crippen molar-refractivity contribution in [1.82, 2.24) is 14.8 Å². The summed E-state index contributed by atoms with van der Waals surface area (Å²) in [5.41, 5.74) is 1.27. The average Bonchev–Trinajstić information content (AvgIpc) is 2.41. The number of piperazine rings is 1. The molecule has 4 heteroatoms. The standard InChI is InChI=1S/C14H20ClN3/c15-14-5-4-12(9-16-14)10-17-7-8-18-6-2-1-3-13(18)11-17/h4-5,9,13H,1-3,6-8,10-11H2/t13-/m0/s1. The summed E-state index contributed by atoms with van der Waals surface area (Å²) in [5.74, 6) is 0. The highest BCUT2D eigenvalue weighted by atomic mass is 35.5. The van der Waals surface area contributed by atoms with Crippen molar-refractivity contribution < 1.29 is 0 Å². The molecule has 18 heavy (non-hydrogen) atoms. The highest BCUT2D eigenvalue weighted by Gasteiger charge is 2.28. The van der Waals surface area contributed by atoms with Gasteiger partial charge < -0.3 is 0 Å². The third-order valence-corrected chi connectivity index (χ3v) is 4.34. The molecule has 2 fully saturated rings. The van der Waals surface area contributed by atoms with E-state index < -0.39 is 0 Å². The number of hydrogen-bond donors (Lipinski definition) is 0. The van der Waals surface area contributed by atoms with Crippen molar-refractivity contribution in [2.45, 2.75) is 31.8 Å². The lowest BCUT2D eigenvalue weighted by atomic mass is 9.99. The van der Waals surface area contributed by atoms with Crippen molar-refractivity contribution in [1.29, 1.82) is 0 Å². The molecule has 2 aliphatic heterocycles. The smallest absolute Gasteiger partial charge is 0.129 e. The molecule has 0 radical (unpaired) electrons. The van der Waals surface area contributed by atoms with Crippen molar-refractivity contribution in [2.75, 3.05) is 26.2 Å². The van der Waals surface area contributed by atoms with E-state index in [0.29, 0.717) is 5.15 Å². The molecule has 3 rings (SSSR count). The summed E-state index contributed by atoms with van der Waals surface area (Å²) in [7, 11) is 0. The first kappa shape index (κ1) is 12.4. The maximum absolute atomic E-state index is 5.81. The van der Waals surface area contributed by atoms with Crippen LogP contribution in [-0.2, 0) is 6.54 Å². The second-order valence-corrected chi connectivity index (χ2v) is 5.80. The van der Waals surface area contributed by atoms with Crippen LogP contribution in [0.5, 0.6) is 0 Å². The summed E-state index contributed by atoms with van der Waals surface area (Å²) in [5, 5.41) is 0.579. The number of nitrogens with zero attached hydrogens (tertiary/aromatic N) is 3. The Balaban J connectivity index is 1.59. The first-order valence-corrected chi connectivity index (χ1v) is 7.26. The summed E-state index contributed by atoms with van der Waals surface area (Å²) in [4.78, 5) is 9.37. The molecule has 0 bridgehead atoms. The highest BCUT2D eigenvalue weighted by Crippen LogP contribution is 2.22. The Hall–Kier alpha value is -0.640. The summed E-state index contributed by atoms with van der Waals surface area (Å²) in [6.07, 6.45) is 6.06. The number of hydrogen-bond acceptors (Lipinski definition) is 3. The number of piperidine rings is 1. The zero-order valence-electron chi connectivity index (χ0n) is 10.7. The fraction of sp³-hybridized carbons (Fsp3) is 0.643. The molecule has 0 unspecified atom stereocenters. The van der Waals surface area contributed by atoms with Gasteiger partial charge in [0.05, 0.1) is 0 Å². The van der Waals surface area contributed by atoms with Crippen LogP contribution in [0.25, 0.3) is 0 Å². The fourth-order valence-corrected chi connectivity index (χ4v) is 3.23. The molecule has 0 saturated carbocycles. The Bertz CT molecular complexity index is 393. The minimum Gasteiger partial charge on any atom is -0.298 e. The Morgan fingerprint density at radius 2 is 2.17 bits per heavy atom. The fourth-order valence-electron chi connectivity index (χ4n) is 3.12. The zero-order chi connectivity index (χ0) is 12.4. The van der Waals surface area contributed by atoms with Crippen LogP contribution >= 0.6 is 11.6 Å². The van der Waals surface area contributed by atoms with Gasteiger partial charge in [-0.25, -0.2) is 4.98 Å². The van der Waals surface area contributed by atoms with Crippen molar-refractivity contribution in [2.24, 2.45) is 0 Å². The lowest BCUT2D eigenvalue weighted by Gasteiger charge is -2.44. The van der Waals surface area contributed by atoms with Crippen LogP contribution in [0.4, 0.5) is 0 Å². The molecule has 2 saturated heterocycles. The van der Waals surface area contributed by atoms with E-state index in [1.807, 2.05) is 12.3 Å². The molecular formula is C14H20ClN3. The summed E-state index contributed by atoms with van der Waals surface area (Å²) < 4.78 is 0. The largest absolute Gasteiger partial charge is 0.298 e. The number of halogens is 1. The minimum absolute atomic E-state index is 0.579. The van der Waals surface area contributed by atoms with Crippen LogP contribution in [0.3, 0.4) is 0 Å². The first-order valence-electron chi connectivity index (χ1n) is 6.88. The monoisotopic (exact) mass is 265 g/mol.